The monoisotopic (exact) mass is 454 g/mol. The van der Waals surface area contributed by atoms with Crippen LogP contribution in [0.5, 0.6) is 0 Å². The standard InChI is InChI=1S/C32H54O/c1-24(2)14-11-18-29(8)30(9)22-23-32(10)31(33-32)19-13-17-26(5)15-12-16-27(6)20-21-28(7)25(3)4/h14,16-17,28,30-31H,3,8,11-13,15,18-23H2,1-2,4-7,9-10H3. The van der Waals surface area contributed by atoms with Crippen molar-refractivity contribution in [3.63, 3.8) is 0 Å². The van der Waals surface area contributed by atoms with E-state index in [1.54, 1.807) is 0 Å². The van der Waals surface area contributed by atoms with Gasteiger partial charge in [-0.3, -0.25) is 0 Å². The van der Waals surface area contributed by atoms with Gasteiger partial charge in [-0.25, -0.2) is 0 Å². The van der Waals surface area contributed by atoms with Gasteiger partial charge < -0.3 is 4.74 Å². The maximum atomic E-state index is 6.12. The van der Waals surface area contributed by atoms with Crippen LogP contribution < -0.4 is 0 Å². The van der Waals surface area contributed by atoms with E-state index < -0.39 is 0 Å². The van der Waals surface area contributed by atoms with E-state index in [0.29, 0.717) is 17.9 Å². The first-order valence-corrected chi connectivity index (χ1v) is 13.4. The Hall–Kier alpha value is -1.34. The van der Waals surface area contributed by atoms with Crippen LogP contribution in [0.3, 0.4) is 0 Å². The van der Waals surface area contributed by atoms with Crippen LogP contribution in [0.25, 0.3) is 0 Å². The summed E-state index contributed by atoms with van der Waals surface area (Å²) in [6.45, 7) is 26.3. The highest BCUT2D eigenvalue weighted by Gasteiger charge is 2.50. The molecule has 1 aliphatic rings. The normalized spacial score (nSPS) is 22.6. The van der Waals surface area contributed by atoms with E-state index in [9.17, 15) is 0 Å². The van der Waals surface area contributed by atoms with Crippen molar-refractivity contribution in [1.29, 1.82) is 0 Å². The van der Waals surface area contributed by atoms with Crippen LogP contribution in [-0.4, -0.2) is 11.7 Å². The van der Waals surface area contributed by atoms with Crippen molar-refractivity contribution < 1.29 is 4.74 Å². The Labute approximate surface area is 207 Å². The molecule has 0 aliphatic carbocycles. The summed E-state index contributed by atoms with van der Waals surface area (Å²) < 4.78 is 6.12. The fraction of sp³-hybridized carbons (Fsp3) is 0.688. The van der Waals surface area contributed by atoms with Crippen LogP contribution in [0.2, 0.25) is 0 Å². The van der Waals surface area contributed by atoms with Gasteiger partial charge in [0.05, 0.1) is 11.7 Å². The molecule has 0 aromatic heterocycles. The van der Waals surface area contributed by atoms with Crippen LogP contribution in [0.1, 0.15) is 120 Å². The van der Waals surface area contributed by atoms with Gasteiger partial charge >= 0.3 is 0 Å². The van der Waals surface area contributed by atoms with Gasteiger partial charge in [0.25, 0.3) is 0 Å². The minimum absolute atomic E-state index is 0.0942. The molecule has 1 heterocycles. The lowest BCUT2D eigenvalue weighted by Crippen LogP contribution is -2.12. The SMILES string of the molecule is C=C(C)C(C)CCC(C)=CCCC(C)=CCCC1OC1(C)CCC(C)C(=C)CCC=C(C)C. The van der Waals surface area contributed by atoms with Crippen molar-refractivity contribution in [3.05, 3.63) is 59.3 Å². The lowest BCUT2D eigenvalue weighted by Gasteiger charge is -2.16. The number of hydrogen-bond acceptors (Lipinski definition) is 1. The van der Waals surface area contributed by atoms with E-state index in [2.05, 4.69) is 86.8 Å². The lowest BCUT2D eigenvalue weighted by atomic mass is 9.88. The third kappa shape index (κ3) is 12.6. The number of hydrogen-bond donors (Lipinski definition) is 0. The molecule has 0 amide bonds. The summed E-state index contributed by atoms with van der Waals surface area (Å²) in [4.78, 5) is 0. The molecule has 1 aliphatic heterocycles. The molecule has 188 valence electrons. The van der Waals surface area contributed by atoms with Gasteiger partial charge in [0, 0.05) is 0 Å². The van der Waals surface area contributed by atoms with E-state index in [1.807, 2.05) is 0 Å². The maximum Gasteiger partial charge on any atom is 0.0920 e. The zero-order valence-electron chi connectivity index (χ0n) is 23.4. The summed E-state index contributed by atoms with van der Waals surface area (Å²) in [5.41, 5.74) is 7.22. The van der Waals surface area contributed by atoms with Crippen molar-refractivity contribution in [2.75, 3.05) is 0 Å². The second-order valence-electron chi connectivity index (χ2n) is 11.3. The molecular weight excluding hydrogens is 400 g/mol. The number of epoxide rings is 1. The molecule has 4 atom stereocenters. The van der Waals surface area contributed by atoms with Crippen molar-refractivity contribution in [1.82, 2.24) is 0 Å². The smallest absolute Gasteiger partial charge is 0.0920 e. The molecule has 1 nitrogen and oxygen atoms in total. The molecule has 1 rings (SSSR count). The highest BCUT2D eigenvalue weighted by Crippen LogP contribution is 2.44. The van der Waals surface area contributed by atoms with Gasteiger partial charge in [0.2, 0.25) is 0 Å². The predicted octanol–water partition coefficient (Wildman–Crippen LogP) is 10.3. The molecular formula is C32H54O. The summed E-state index contributed by atoms with van der Waals surface area (Å²) >= 11 is 0. The van der Waals surface area contributed by atoms with Crippen LogP contribution >= 0.6 is 0 Å². The van der Waals surface area contributed by atoms with Crippen molar-refractivity contribution >= 4 is 0 Å². The molecule has 0 spiro atoms. The average Bonchev–Trinajstić information content (AvgIpc) is 3.39. The summed E-state index contributed by atoms with van der Waals surface area (Å²) in [5.74, 6) is 1.21. The lowest BCUT2D eigenvalue weighted by molar-refractivity contribution is 0.283. The Morgan fingerprint density at radius 3 is 2.06 bits per heavy atom. The van der Waals surface area contributed by atoms with Gasteiger partial charge in [0.15, 0.2) is 0 Å². The summed E-state index contributed by atoms with van der Waals surface area (Å²) in [6, 6.07) is 0. The second-order valence-corrected chi connectivity index (χ2v) is 11.3. The third-order valence-electron chi connectivity index (χ3n) is 7.59. The summed E-state index contributed by atoms with van der Waals surface area (Å²) in [5, 5.41) is 0. The molecule has 0 saturated carbocycles. The van der Waals surface area contributed by atoms with Gasteiger partial charge in [-0.2, -0.15) is 0 Å². The van der Waals surface area contributed by atoms with Crippen molar-refractivity contribution in [2.24, 2.45) is 11.8 Å². The van der Waals surface area contributed by atoms with Crippen molar-refractivity contribution in [3.8, 4) is 0 Å². The van der Waals surface area contributed by atoms with E-state index in [-0.39, 0.29) is 5.60 Å². The molecule has 33 heavy (non-hydrogen) atoms. The van der Waals surface area contributed by atoms with Crippen LogP contribution in [0, 0.1) is 11.8 Å². The van der Waals surface area contributed by atoms with E-state index in [4.69, 9.17) is 4.74 Å². The van der Waals surface area contributed by atoms with Gasteiger partial charge in [-0.1, -0.05) is 73.1 Å². The predicted molar refractivity (Wildman–Crippen MR) is 149 cm³/mol. The molecule has 1 saturated heterocycles. The highest BCUT2D eigenvalue weighted by molar-refractivity contribution is 5.08. The first-order chi connectivity index (χ1) is 15.4. The van der Waals surface area contributed by atoms with E-state index >= 15 is 0 Å². The maximum absolute atomic E-state index is 6.12. The fourth-order valence-electron chi connectivity index (χ4n) is 4.30. The Kier molecular flexibility index (Phi) is 13.3. The van der Waals surface area contributed by atoms with Gasteiger partial charge in [-0.05, 0) is 118 Å². The van der Waals surface area contributed by atoms with E-state index in [0.717, 1.165) is 38.5 Å². The highest BCUT2D eigenvalue weighted by atomic mass is 16.6. The number of rotatable bonds is 17. The molecule has 0 aromatic rings. The van der Waals surface area contributed by atoms with Crippen LogP contribution in [0.15, 0.2) is 59.3 Å². The first-order valence-electron chi connectivity index (χ1n) is 13.4. The van der Waals surface area contributed by atoms with Crippen molar-refractivity contribution in [2.45, 2.75) is 131 Å². The summed E-state index contributed by atoms with van der Waals surface area (Å²) in [6.07, 6.45) is 19.2. The minimum atomic E-state index is 0.0942. The zero-order valence-corrected chi connectivity index (χ0v) is 23.4. The molecule has 4 unspecified atom stereocenters. The molecule has 0 aromatic carbocycles. The molecule has 0 bridgehead atoms. The van der Waals surface area contributed by atoms with E-state index in [1.165, 1.54) is 53.5 Å². The Morgan fingerprint density at radius 2 is 1.42 bits per heavy atom. The third-order valence-corrected chi connectivity index (χ3v) is 7.59. The Morgan fingerprint density at radius 1 is 0.818 bits per heavy atom. The Balaban J connectivity index is 2.24. The zero-order chi connectivity index (χ0) is 25.0. The Bertz CT molecular complexity index is 715. The first kappa shape index (κ1) is 29.7. The quantitative estimate of drug-likeness (QED) is 0.157. The minimum Gasteiger partial charge on any atom is -0.366 e. The summed E-state index contributed by atoms with van der Waals surface area (Å²) in [7, 11) is 0. The largest absolute Gasteiger partial charge is 0.366 e. The molecule has 1 heteroatoms. The molecule has 1 fully saturated rings. The number of allylic oxidation sites excluding steroid dienone is 8. The van der Waals surface area contributed by atoms with Crippen LogP contribution in [0.4, 0.5) is 0 Å². The topological polar surface area (TPSA) is 12.5 Å². The fourth-order valence-corrected chi connectivity index (χ4v) is 4.30. The van der Waals surface area contributed by atoms with Gasteiger partial charge in [-0.15, -0.1) is 0 Å². The molecule has 0 N–H and O–H groups in total. The average molecular weight is 455 g/mol. The van der Waals surface area contributed by atoms with Gasteiger partial charge in [0.1, 0.15) is 0 Å². The van der Waals surface area contributed by atoms with Crippen LogP contribution in [-0.2, 0) is 4.74 Å². The number of ether oxygens (including phenoxy) is 1. The second kappa shape index (κ2) is 14.8. The molecule has 0 radical (unpaired) electrons.